The molecule has 1 radical (unpaired) electrons. The molecule has 1 rings (SSSR count). The Hall–Kier alpha value is -0.130. The summed E-state index contributed by atoms with van der Waals surface area (Å²) in [6.07, 6.45) is 2.94. The summed E-state index contributed by atoms with van der Waals surface area (Å²) < 4.78 is 21.9. The van der Waals surface area contributed by atoms with Gasteiger partial charge in [-0.15, -0.1) is 0 Å². The lowest BCUT2D eigenvalue weighted by Crippen LogP contribution is -2.43. The lowest BCUT2D eigenvalue weighted by Gasteiger charge is -2.15. The first-order chi connectivity index (χ1) is 5.02. The van der Waals surface area contributed by atoms with Crippen molar-refractivity contribution >= 4 is 9.84 Å². The third kappa shape index (κ3) is 2.15. The average Bonchev–Trinajstić information content (AvgIpc) is 2.34. The Bertz CT molecular complexity index is 219. The number of sulfone groups is 1. The third-order valence-electron chi connectivity index (χ3n) is 1.90. The Morgan fingerprint density at radius 2 is 2.27 bits per heavy atom. The molecule has 11 heavy (non-hydrogen) atoms. The molecular formula is C6H13N2O2S. The molecule has 0 aromatic rings. The van der Waals surface area contributed by atoms with E-state index in [9.17, 15) is 8.42 Å². The van der Waals surface area contributed by atoms with Crippen LogP contribution in [0.1, 0.15) is 12.8 Å². The summed E-state index contributed by atoms with van der Waals surface area (Å²) in [4.78, 5) is 0. The minimum Gasteiger partial charge on any atom is -0.314 e. The van der Waals surface area contributed by atoms with Crippen molar-refractivity contribution in [2.24, 2.45) is 5.73 Å². The highest BCUT2D eigenvalue weighted by atomic mass is 32.2. The Labute approximate surface area is 67.1 Å². The van der Waals surface area contributed by atoms with Crippen LogP contribution in [0.15, 0.2) is 0 Å². The Morgan fingerprint density at radius 3 is 2.64 bits per heavy atom. The first-order valence-electron chi connectivity index (χ1n) is 3.63. The molecule has 0 amide bonds. The van der Waals surface area contributed by atoms with Crippen LogP contribution in [0.25, 0.3) is 0 Å². The number of hydrogen-bond acceptors (Lipinski definition) is 3. The fourth-order valence-electron chi connectivity index (χ4n) is 1.20. The van der Waals surface area contributed by atoms with Crippen LogP contribution in [0.3, 0.4) is 0 Å². The number of hydrogen-bond donors (Lipinski definition) is 1. The number of rotatable bonds is 2. The van der Waals surface area contributed by atoms with E-state index in [1.165, 1.54) is 0 Å². The van der Waals surface area contributed by atoms with Crippen molar-refractivity contribution in [2.75, 3.05) is 12.8 Å². The maximum absolute atomic E-state index is 10.9. The molecule has 65 valence electrons. The van der Waals surface area contributed by atoms with E-state index in [2.05, 4.69) is 5.32 Å². The second-order valence-electron chi connectivity index (χ2n) is 2.91. The van der Waals surface area contributed by atoms with Gasteiger partial charge in [0.25, 0.3) is 0 Å². The molecule has 0 aromatic heterocycles. The highest BCUT2D eigenvalue weighted by Crippen LogP contribution is 2.12. The largest absolute Gasteiger partial charge is 0.314 e. The van der Waals surface area contributed by atoms with Crippen molar-refractivity contribution in [3.05, 3.63) is 0 Å². The van der Waals surface area contributed by atoms with E-state index in [4.69, 9.17) is 5.73 Å². The first-order valence-corrected chi connectivity index (χ1v) is 5.58. The van der Waals surface area contributed by atoms with E-state index >= 15 is 0 Å². The molecule has 1 fully saturated rings. The molecule has 0 spiro atoms. The van der Waals surface area contributed by atoms with Crippen LogP contribution in [-0.2, 0) is 9.84 Å². The molecule has 0 bridgehead atoms. The molecule has 2 N–H and O–H groups in total. The zero-order chi connectivity index (χ0) is 8.48. The summed E-state index contributed by atoms with van der Waals surface area (Å²) >= 11 is 0. The van der Waals surface area contributed by atoms with Crippen molar-refractivity contribution < 1.29 is 8.42 Å². The van der Waals surface area contributed by atoms with Gasteiger partial charge < -0.3 is 5.73 Å². The SMILES string of the molecule is CS(=O)(=O)C(N)C1CCC[N]1. The van der Waals surface area contributed by atoms with E-state index < -0.39 is 15.2 Å². The van der Waals surface area contributed by atoms with Crippen molar-refractivity contribution in [1.82, 2.24) is 5.32 Å². The standard InChI is InChI=1S/C6H13N2O2S/c1-11(9,10)6(7)5-3-2-4-8-5/h5-6H,2-4,7H2,1H3. The molecule has 0 aliphatic carbocycles. The Morgan fingerprint density at radius 1 is 1.64 bits per heavy atom. The lowest BCUT2D eigenvalue weighted by molar-refractivity contribution is 0.527. The van der Waals surface area contributed by atoms with Gasteiger partial charge in [0.2, 0.25) is 0 Å². The van der Waals surface area contributed by atoms with Gasteiger partial charge in [0, 0.05) is 12.8 Å². The normalized spacial score (nSPS) is 28.7. The van der Waals surface area contributed by atoms with E-state index in [1.54, 1.807) is 0 Å². The summed E-state index contributed by atoms with van der Waals surface area (Å²) in [7, 11) is -3.10. The highest BCUT2D eigenvalue weighted by Gasteiger charge is 2.29. The second kappa shape index (κ2) is 3.08. The van der Waals surface area contributed by atoms with Crippen LogP contribution in [0.5, 0.6) is 0 Å². The van der Waals surface area contributed by atoms with Gasteiger partial charge in [-0.05, 0) is 12.8 Å². The Kier molecular flexibility index (Phi) is 2.51. The van der Waals surface area contributed by atoms with Crippen molar-refractivity contribution in [1.29, 1.82) is 0 Å². The van der Waals surface area contributed by atoms with Gasteiger partial charge in [0.05, 0.1) is 6.04 Å². The summed E-state index contributed by atoms with van der Waals surface area (Å²) in [5.41, 5.74) is 5.47. The van der Waals surface area contributed by atoms with Crippen molar-refractivity contribution in [2.45, 2.75) is 24.3 Å². The molecule has 2 atom stereocenters. The minimum absolute atomic E-state index is 0.162. The van der Waals surface area contributed by atoms with E-state index in [-0.39, 0.29) is 6.04 Å². The van der Waals surface area contributed by atoms with Crippen molar-refractivity contribution in [3.63, 3.8) is 0 Å². The van der Waals surface area contributed by atoms with E-state index in [0.717, 1.165) is 25.6 Å². The highest BCUT2D eigenvalue weighted by molar-refractivity contribution is 7.91. The van der Waals surface area contributed by atoms with Gasteiger partial charge in [-0.25, -0.2) is 13.7 Å². The predicted octanol–water partition coefficient (Wildman–Crippen LogP) is -0.917. The molecule has 0 saturated carbocycles. The van der Waals surface area contributed by atoms with Gasteiger partial charge >= 0.3 is 0 Å². The molecular weight excluding hydrogens is 164 g/mol. The summed E-state index contributed by atoms with van der Waals surface area (Å²) in [6, 6.07) is -0.162. The van der Waals surface area contributed by atoms with E-state index in [0.29, 0.717) is 0 Å². The van der Waals surface area contributed by atoms with Crippen LogP contribution in [0.2, 0.25) is 0 Å². The van der Waals surface area contributed by atoms with Gasteiger partial charge in [0.15, 0.2) is 9.84 Å². The predicted molar refractivity (Wildman–Crippen MR) is 42.8 cm³/mol. The zero-order valence-corrected chi connectivity index (χ0v) is 7.34. The second-order valence-corrected chi connectivity index (χ2v) is 5.11. The molecule has 1 saturated heterocycles. The van der Waals surface area contributed by atoms with Gasteiger partial charge in [-0.2, -0.15) is 0 Å². The average molecular weight is 177 g/mol. The van der Waals surface area contributed by atoms with Crippen LogP contribution in [-0.4, -0.2) is 32.6 Å². The number of nitrogens with zero attached hydrogens (tertiary/aromatic N) is 1. The third-order valence-corrected chi connectivity index (χ3v) is 3.20. The van der Waals surface area contributed by atoms with Gasteiger partial charge in [0.1, 0.15) is 5.37 Å². The molecule has 0 aromatic carbocycles. The van der Waals surface area contributed by atoms with Gasteiger partial charge in [-0.3, -0.25) is 0 Å². The van der Waals surface area contributed by atoms with E-state index in [1.807, 2.05) is 0 Å². The number of nitrogens with two attached hydrogens (primary N) is 1. The maximum atomic E-state index is 10.9. The van der Waals surface area contributed by atoms with Crippen molar-refractivity contribution in [3.8, 4) is 0 Å². The zero-order valence-electron chi connectivity index (χ0n) is 6.53. The molecule has 1 aliphatic heterocycles. The Balaban J connectivity index is 2.60. The molecule has 2 unspecified atom stereocenters. The smallest absolute Gasteiger partial charge is 0.164 e. The quantitative estimate of drug-likeness (QED) is 0.593. The molecule has 4 nitrogen and oxygen atoms in total. The fourth-order valence-corrected chi connectivity index (χ4v) is 2.00. The topological polar surface area (TPSA) is 74.3 Å². The maximum Gasteiger partial charge on any atom is 0.164 e. The van der Waals surface area contributed by atoms with Crippen LogP contribution < -0.4 is 11.1 Å². The van der Waals surface area contributed by atoms with Crippen LogP contribution in [0, 0.1) is 0 Å². The summed E-state index contributed by atoms with van der Waals surface area (Å²) in [6.45, 7) is 0.758. The molecule has 5 heteroatoms. The van der Waals surface area contributed by atoms with Crippen LogP contribution >= 0.6 is 0 Å². The summed E-state index contributed by atoms with van der Waals surface area (Å²) in [5, 5.41) is 3.31. The first kappa shape index (κ1) is 8.96. The summed E-state index contributed by atoms with van der Waals surface area (Å²) in [5.74, 6) is 0. The fraction of sp³-hybridized carbons (Fsp3) is 1.00. The molecule has 1 heterocycles. The minimum atomic E-state index is -3.10. The van der Waals surface area contributed by atoms with Crippen LogP contribution in [0.4, 0.5) is 0 Å². The van der Waals surface area contributed by atoms with Gasteiger partial charge in [-0.1, -0.05) is 0 Å². The molecule has 1 aliphatic rings. The lowest BCUT2D eigenvalue weighted by atomic mass is 10.2. The monoisotopic (exact) mass is 177 g/mol.